The molecule has 1 aliphatic rings. The molecule has 8 heteroatoms. The first kappa shape index (κ1) is 24.9. The van der Waals surface area contributed by atoms with Crippen LogP contribution in [0.2, 0.25) is 5.02 Å². The summed E-state index contributed by atoms with van der Waals surface area (Å²) in [5.41, 5.74) is -0.249. The largest absolute Gasteiger partial charge is 0.495 e. The molecule has 3 aromatic rings. The molecule has 0 aliphatic heterocycles. The Hall–Kier alpha value is -3.19. The summed E-state index contributed by atoms with van der Waals surface area (Å²) in [5.74, 6) is 0.777. The van der Waals surface area contributed by atoms with Crippen molar-refractivity contribution in [3.05, 3.63) is 73.9 Å². The molecule has 184 valence electrons. The summed E-state index contributed by atoms with van der Waals surface area (Å²) < 4.78 is 7.59. The second-order valence-corrected chi connectivity index (χ2v) is 9.52. The van der Waals surface area contributed by atoms with Crippen molar-refractivity contribution >= 4 is 34.1 Å². The lowest BCUT2D eigenvalue weighted by atomic mass is 9.99. The predicted octanol–water partition coefficient (Wildman–Crippen LogP) is 4.64. The van der Waals surface area contributed by atoms with Gasteiger partial charge in [0.25, 0.3) is 5.56 Å². The summed E-state index contributed by atoms with van der Waals surface area (Å²) in [6.45, 7) is -0.121. The molecule has 1 fully saturated rings. The molecule has 0 N–H and O–H groups in total. The van der Waals surface area contributed by atoms with Gasteiger partial charge in [-0.25, -0.2) is 4.79 Å². The molecule has 1 saturated carbocycles. The second-order valence-electron chi connectivity index (χ2n) is 9.11. The maximum atomic E-state index is 13.3. The van der Waals surface area contributed by atoms with Gasteiger partial charge in [-0.1, -0.05) is 49.4 Å². The molecule has 0 saturated heterocycles. The van der Waals surface area contributed by atoms with Crippen LogP contribution in [0.3, 0.4) is 0 Å². The first-order chi connectivity index (χ1) is 16.9. The maximum Gasteiger partial charge on any atom is 0.331 e. The van der Waals surface area contributed by atoms with Crippen LogP contribution in [-0.4, -0.2) is 27.8 Å². The van der Waals surface area contributed by atoms with Crippen molar-refractivity contribution in [2.75, 3.05) is 7.11 Å². The van der Waals surface area contributed by atoms with Gasteiger partial charge in [0.05, 0.1) is 29.6 Å². The van der Waals surface area contributed by atoms with Crippen molar-refractivity contribution in [1.29, 1.82) is 0 Å². The van der Waals surface area contributed by atoms with E-state index in [1.54, 1.807) is 36.4 Å². The quantitative estimate of drug-likeness (QED) is 0.382. The monoisotopic (exact) mass is 496 g/mol. The number of fused-ring (bicyclic) bond motifs is 1. The Morgan fingerprint density at radius 1 is 1.06 bits per heavy atom. The molecule has 0 amide bonds. The van der Waals surface area contributed by atoms with Crippen LogP contribution < -0.4 is 16.0 Å². The Balaban J connectivity index is 1.58. The lowest BCUT2D eigenvalue weighted by molar-refractivity contribution is -0.120. The van der Waals surface area contributed by atoms with Crippen molar-refractivity contribution in [2.24, 2.45) is 5.92 Å². The van der Waals surface area contributed by atoms with E-state index in [0.717, 1.165) is 17.4 Å². The Labute approximate surface area is 208 Å². The summed E-state index contributed by atoms with van der Waals surface area (Å²) in [7, 11) is 1.49. The fourth-order valence-corrected chi connectivity index (χ4v) is 5.13. The van der Waals surface area contributed by atoms with Gasteiger partial charge in [0.2, 0.25) is 0 Å². The van der Waals surface area contributed by atoms with Gasteiger partial charge in [-0.05, 0) is 42.7 Å². The third-order valence-electron chi connectivity index (χ3n) is 6.74. The lowest BCUT2D eigenvalue weighted by Crippen LogP contribution is -2.41. The predicted molar refractivity (Wildman–Crippen MR) is 136 cm³/mol. The number of para-hydroxylation sites is 1. The van der Waals surface area contributed by atoms with Crippen LogP contribution in [0.15, 0.2) is 52.1 Å². The average Bonchev–Trinajstić information content (AvgIpc) is 3.36. The molecule has 0 bridgehead atoms. The zero-order chi connectivity index (χ0) is 24.9. The fraction of sp³-hybridized carbons (Fsp3) is 0.407. The molecule has 0 spiro atoms. The fourth-order valence-electron chi connectivity index (χ4n) is 4.87. The van der Waals surface area contributed by atoms with Gasteiger partial charge in [-0.15, -0.1) is 0 Å². The number of aromatic nitrogens is 2. The molecule has 1 aliphatic carbocycles. The van der Waals surface area contributed by atoms with Crippen molar-refractivity contribution in [2.45, 2.75) is 58.0 Å². The Bertz CT molecular complexity index is 1370. The number of Topliss-reactive ketones (excluding diaryl/α,β-unsaturated/α-hetero) is 2. The summed E-state index contributed by atoms with van der Waals surface area (Å²) in [6.07, 6.45) is 5.90. The van der Waals surface area contributed by atoms with Crippen molar-refractivity contribution in [1.82, 2.24) is 9.13 Å². The van der Waals surface area contributed by atoms with E-state index in [9.17, 15) is 19.2 Å². The number of ketones is 2. The standard InChI is InChI=1S/C27H29ClN2O5/c1-35-25-13-12-19(16-22(25)28)24(32)17-30-23-11-5-4-10-21(23)26(33)29(27(30)34)14-6-9-20(31)15-18-7-2-3-8-18/h4-5,10-13,16,18H,2-3,6-9,14-15,17H2,1H3. The number of nitrogens with zero attached hydrogens (tertiary/aromatic N) is 2. The number of benzene rings is 2. The van der Waals surface area contributed by atoms with E-state index >= 15 is 0 Å². The van der Waals surface area contributed by atoms with E-state index < -0.39 is 11.2 Å². The zero-order valence-corrected chi connectivity index (χ0v) is 20.6. The van der Waals surface area contributed by atoms with Gasteiger partial charge in [0, 0.05) is 24.9 Å². The number of methoxy groups -OCH3 is 1. The molecular formula is C27H29ClN2O5. The summed E-state index contributed by atoms with van der Waals surface area (Å²) in [4.78, 5) is 51.8. The number of carbonyl (C=O) groups is 2. The number of ether oxygens (including phenoxy) is 1. The highest BCUT2D eigenvalue weighted by Gasteiger charge is 2.19. The van der Waals surface area contributed by atoms with Crippen LogP contribution in [0.5, 0.6) is 5.75 Å². The zero-order valence-electron chi connectivity index (χ0n) is 19.8. The Morgan fingerprint density at radius 3 is 2.51 bits per heavy atom. The van der Waals surface area contributed by atoms with Crippen LogP contribution >= 0.6 is 11.6 Å². The molecular weight excluding hydrogens is 468 g/mol. The van der Waals surface area contributed by atoms with Crippen LogP contribution in [0.25, 0.3) is 10.9 Å². The van der Waals surface area contributed by atoms with E-state index in [1.165, 1.54) is 30.6 Å². The van der Waals surface area contributed by atoms with E-state index in [-0.39, 0.29) is 24.7 Å². The van der Waals surface area contributed by atoms with Crippen LogP contribution in [0, 0.1) is 5.92 Å². The highest BCUT2D eigenvalue weighted by Crippen LogP contribution is 2.28. The van der Waals surface area contributed by atoms with Crippen molar-refractivity contribution < 1.29 is 14.3 Å². The molecule has 0 atom stereocenters. The summed E-state index contributed by atoms with van der Waals surface area (Å²) in [5, 5.41) is 0.646. The van der Waals surface area contributed by atoms with E-state index in [0.29, 0.717) is 52.4 Å². The molecule has 4 rings (SSSR count). The first-order valence-electron chi connectivity index (χ1n) is 12.0. The summed E-state index contributed by atoms with van der Waals surface area (Å²) >= 11 is 6.17. The topological polar surface area (TPSA) is 87.4 Å². The SMILES string of the molecule is COc1ccc(C(=O)Cn2c(=O)n(CCCC(=O)CC3CCCC3)c(=O)c3ccccc32)cc1Cl. The van der Waals surface area contributed by atoms with Crippen LogP contribution in [-0.2, 0) is 17.9 Å². The lowest BCUT2D eigenvalue weighted by Gasteiger charge is -2.14. The first-order valence-corrected chi connectivity index (χ1v) is 12.4. The van der Waals surface area contributed by atoms with Gasteiger partial charge < -0.3 is 4.74 Å². The van der Waals surface area contributed by atoms with E-state index in [1.807, 2.05) is 0 Å². The van der Waals surface area contributed by atoms with E-state index in [4.69, 9.17) is 16.3 Å². The van der Waals surface area contributed by atoms with Gasteiger partial charge in [-0.3, -0.25) is 23.5 Å². The van der Waals surface area contributed by atoms with Crippen molar-refractivity contribution in [3.63, 3.8) is 0 Å². The third kappa shape index (κ3) is 5.56. The molecule has 7 nitrogen and oxygen atoms in total. The normalized spacial score (nSPS) is 13.9. The van der Waals surface area contributed by atoms with Gasteiger partial charge >= 0.3 is 5.69 Å². The number of halogens is 1. The molecule has 0 radical (unpaired) electrons. The Morgan fingerprint density at radius 2 is 1.80 bits per heavy atom. The number of rotatable bonds is 10. The Kier molecular flexibility index (Phi) is 7.86. The van der Waals surface area contributed by atoms with Crippen LogP contribution in [0.1, 0.15) is 55.3 Å². The van der Waals surface area contributed by atoms with E-state index in [2.05, 4.69) is 0 Å². The van der Waals surface area contributed by atoms with Crippen LogP contribution in [0.4, 0.5) is 0 Å². The van der Waals surface area contributed by atoms with Gasteiger partial charge in [0.1, 0.15) is 11.5 Å². The summed E-state index contributed by atoms with van der Waals surface area (Å²) in [6, 6.07) is 11.4. The number of hydrogen-bond acceptors (Lipinski definition) is 5. The molecule has 35 heavy (non-hydrogen) atoms. The third-order valence-corrected chi connectivity index (χ3v) is 7.03. The smallest absolute Gasteiger partial charge is 0.331 e. The highest BCUT2D eigenvalue weighted by molar-refractivity contribution is 6.32. The minimum Gasteiger partial charge on any atom is -0.495 e. The second kappa shape index (κ2) is 11.0. The molecule has 1 heterocycles. The number of carbonyl (C=O) groups excluding carboxylic acids is 2. The minimum absolute atomic E-state index is 0.126. The average molecular weight is 497 g/mol. The molecule has 0 unspecified atom stereocenters. The van der Waals surface area contributed by atoms with Crippen molar-refractivity contribution in [3.8, 4) is 5.75 Å². The minimum atomic E-state index is -0.565. The maximum absolute atomic E-state index is 13.3. The number of hydrogen-bond donors (Lipinski definition) is 0. The molecule has 2 aromatic carbocycles. The van der Waals surface area contributed by atoms with Gasteiger partial charge in [0.15, 0.2) is 5.78 Å². The van der Waals surface area contributed by atoms with Gasteiger partial charge in [-0.2, -0.15) is 0 Å². The molecule has 1 aromatic heterocycles. The highest BCUT2D eigenvalue weighted by atomic mass is 35.5.